The van der Waals surface area contributed by atoms with E-state index in [4.69, 9.17) is 9.47 Å². The Bertz CT molecular complexity index is 1860. The minimum Gasteiger partial charge on any atom is -0.475 e. The number of halogens is 1. The number of benzene rings is 2. The predicted octanol–water partition coefficient (Wildman–Crippen LogP) is 5.70. The molecule has 49 heavy (non-hydrogen) atoms. The van der Waals surface area contributed by atoms with Crippen molar-refractivity contribution >= 4 is 40.0 Å². The fourth-order valence-electron chi connectivity index (χ4n) is 5.68. The molecule has 3 heterocycles. The van der Waals surface area contributed by atoms with Crippen molar-refractivity contribution < 1.29 is 22.7 Å². The molecule has 1 atom stereocenters. The quantitative estimate of drug-likeness (QED) is 0.243. The second kappa shape index (κ2) is 15.5. The number of methoxy groups -OCH3 is 1. The molecular formula is C35H44ClN7O5S. The first-order valence-electron chi connectivity index (χ1n) is 15.8. The molecule has 2 aromatic carbocycles. The van der Waals surface area contributed by atoms with Gasteiger partial charge in [0.15, 0.2) is 0 Å². The van der Waals surface area contributed by atoms with Crippen LogP contribution < -0.4 is 14.4 Å². The van der Waals surface area contributed by atoms with Crippen LogP contribution in [0.3, 0.4) is 0 Å². The molecule has 1 N–H and O–H groups in total. The van der Waals surface area contributed by atoms with Gasteiger partial charge >= 0.3 is 0 Å². The summed E-state index contributed by atoms with van der Waals surface area (Å²) in [6.07, 6.45) is 4.00. The summed E-state index contributed by atoms with van der Waals surface area (Å²) in [5.74, 6) is 0.109. The van der Waals surface area contributed by atoms with E-state index in [1.807, 2.05) is 44.0 Å². The van der Waals surface area contributed by atoms with Crippen LogP contribution in [0.2, 0.25) is 0 Å². The summed E-state index contributed by atoms with van der Waals surface area (Å²) >= 11 is 0. The Morgan fingerprint density at radius 1 is 1.04 bits per heavy atom. The van der Waals surface area contributed by atoms with E-state index < -0.39 is 16.1 Å². The fraction of sp³-hybridized carbons (Fsp3) is 0.400. The topological polar surface area (TPSA) is 140 Å². The van der Waals surface area contributed by atoms with E-state index in [1.54, 1.807) is 42.6 Å². The number of rotatable bonds is 8. The van der Waals surface area contributed by atoms with Gasteiger partial charge in [0.2, 0.25) is 11.8 Å². The van der Waals surface area contributed by atoms with Crippen molar-refractivity contribution in [3.8, 4) is 17.1 Å². The highest BCUT2D eigenvalue weighted by Crippen LogP contribution is 2.31. The van der Waals surface area contributed by atoms with E-state index in [0.29, 0.717) is 31.1 Å². The number of aryl methyl sites for hydroxylation is 2. The van der Waals surface area contributed by atoms with Crippen molar-refractivity contribution in [2.24, 2.45) is 5.41 Å². The lowest BCUT2D eigenvalue weighted by Crippen LogP contribution is -2.45. The highest BCUT2D eigenvalue weighted by molar-refractivity contribution is 7.92. The number of hydrogen-bond donors (Lipinski definition) is 1. The SMILES string of the molecule is COCCN(C)c1cnc(CN2C(=O)c3cccc(c3)S(=O)(=O)Nc3nc(cc(-c4c(C)cccc4C)n3)OC[C@H]2CC(C)(C)C)nc1.Cl. The van der Waals surface area contributed by atoms with E-state index in [9.17, 15) is 13.2 Å². The van der Waals surface area contributed by atoms with Gasteiger partial charge in [-0.15, -0.1) is 12.4 Å². The maximum Gasteiger partial charge on any atom is 0.264 e. The number of nitrogens with zero attached hydrogens (tertiary/aromatic N) is 6. The van der Waals surface area contributed by atoms with Gasteiger partial charge in [0.1, 0.15) is 12.4 Å². The van der Waals surface area contributed by atoms with Crippen molar-refractivity contribution in [3.63, 3.8) is 0 Å². The predicted molar refractivity (Wildman–Crippen MR) is 192 cm³/mol. The zero-order chi connectivity index (χ0) is 34.6. The number of aromatic nitrogens is 4. The first-order chi connectivity index (χ1) is 22.7. The molecule has 1 aliphatic rings. The van der Waals surface area contributed by atoms with E-state index in [0.717, 1.165) is 22.4 Å². The zero-order valence-corrected chi connectivity index (χ0v) is 30.6. The number of carbonyl (C=O) groups excluding carboxylic acids is 1. The normalized spacial score (nSPS) is 15.9. The zero-order valence-electron chi connectivity index (χ0n) is 28.9. The monoisotopic (exact) mass is 709 g/mol. The van der Waals surface area contributed by atoms with Crippen LogP contribution in [-0.2, 0) is 21.3 Å². The van der Waals surface area contributed by atoms with Crippen molar-refractivity contribution in [1.82, 2.24) is 24.8 Å². The third kappa shape index (κ3) is 9.22. The van der Waals surface area contributed by atoms with Gasteiger partial charge in [0.05, 0.1) is 47.9 Å². The molecule has 1 aliphatic heterocycles. The van der Waals surface area contributed by atoms with Gasteiger partial charge in [-0.2, -0.15) is 4.98 Å². The smallest absolute Gasteiger partial charge is 0.264 e. The van der Waals surface area contributed by atoms with Crippen molar-refractivity contribution in [2.45, 2.75) is 58.5 Å². The largest absolute Gasteiger partial charge is 0.475 e. The van der Waals surface area contributed by atoms with Gasteiger partial charge in [0, 0.05) is 37.9 Å². The highest BCUT2D eigenvalue weighted by atomic mass is 35.5. The van der Waals surface area contributed by atoms with Gasteiger partial charge in [0.25, 0.3) is 15.9 Å². The lowest BCUT2D eigenvalue weighted by atomic mass is 9.87. The van der Waals surface area contributed by atoms with Crippen LogP contribution in [0.4, 0.5) is 11.6 Å². The Hall–Kier alpha value is -4.33. The van der Waals surface area contributed by atoms with Crippen LogP contribution in [-0.4, -0.2) is 79.1 Å². The molecule has 5 rings (SSSR count). The van der Waals surface area contributed by atoms with Crippen molar-refractivity contribution in [1.29, 1.82) is 0 Å². The Morgan fingerprint density at radius 2 is 1.71 bits per heavy atom. The Balaban J connectivity index is 0.00000541. The highest BCUT2D eigenvalue weighted by Gasteiger charge is 2.32. The molecule has 0 aliphatic carbocycles. The second-order valence-electron chi connectivity index (χ2n) is 13.2. The molecule has 0 radical (unpaired) electrons. The Kier molecular flexibility index (Phi) is 11.8. The lowest BCUT2D eigenvalue weighted by molar-refractivity contribution is 0.0505. The lowest BCUT2D eigenvalue weighted by Gasteiger charge is -2.35. The number of hydrogen-bond acceptors (Lipinski definition) is 10. The third-order valence-electron chi connectivity index (χ3n) is 8.11. The molecule has 0 unspecified atom stereocenters. The molecular weight excluding hydrogens is 666 g/mol. The number of likely N-dealkylation sites (N-methyl/N-ethyl adjacent to an activating group) is 1. The van der Waals surface area contributed by atoms with Gasteiger partial charge in [-0.05, 0) is 55.0 Å². The van der Waals surface area contributed by atoms with Crippen LogP contribution in [0.5, 0.6) is 5.88 Å². The van der Waals surface area contributed by atoms with Gasteiger partial charge < -0.3 is 19.3 Å². The number of anilines is 2. The molecule has 12 nitrogen and oxygen atoms in total. The minimum absolute atomic E-state index is 0. The van der Waals surface area contributed by atoms with E-state index in [1.165, 1.54) is 12.1 Å². The number of ether oxygens (including phenoxy) is 2. The summed E-state index contributed by atoms with van der Waals surface area (Å²) in [7, 11) is -0.603. The van der Waals surface area contributed by atoms with Crippen LogP contribution in [0.25, 0.3) is 11.3 Å². The molecule has 4 bridgehead atoms. The number of sulfonamides is 1. The number of fused-ring (bicyclic) bond motifs is 4. The maximum atomic E-state index is 14.4. The maximum absolute atomic E-state index is 14.4. The summed E-state index contributed by atoms with van der Waals surface area (Å²) in [4.78, 5) is 36.2. The van der Waals surface area contributed by atoms with Crippen molar-refractivity contribution in [2.75, 3.05) is 43.5 Å². The standard InChI is InChI=1S/C35H43N7O5S.ClH/c1-23-10-8-11-24(2)32(23)29-17-31-39-34(38-29)40-48(44,45)28-13-9-12-25(16-28)33(43)42(26(22-47-31)18-35(3,4)5)21-30-36-19-27(20-37-30)41(6)14-15-46-7;/h8-13,16-17,19-20,26H,14-15,18,21-22H2,1-7H3,(H,38,39,40);1H/t26-;/m1./s1. The van der Waals surface area contributed by atoms with E-state index >= 15 is 0 Å². The molecule has 0 saturated heterocycles. The average Bonchev–Trinajstić information content (AvgIpc) is 3.03. The van der Waals surface area contributed by atoms with Gasteiger partial charge in [-0.1, -0.05) is 45.0 Å². The molecule has 0 fully saturated rings. The molecule has 14 heteroatoms. The molecule has 2 aromatic heterocycles. The fourth-order valence-corrected chi connectivity index (χ4v) is 6.67. The molecule has 262 valence electrons. The minimum atomic E-state index is -4.18. The van der Waals surface area contributed by atoms with Gasteiger partial charge in [-0.3, -0.25) is 4.79 Å². The Labute approximate surface area is 294 Å². The summed E-state index contributed by atoms with van der Waals surface area (Å²) < 4.78 is 41.3. The first kappa shape index (κ1) is 37.5. The summed E-state index contributed by atoms with van der Waals surface area (Å²) in [6, 6.07) is 13.1. The number of amides is 1. The second-order valence-corrected chi connectivity index (χ2v) is 14.9. The molecule has 0 spiro atoms. The molecule has 4 aromatic rings. The third-order valence-corrected chi connectivity index (χ3v) is 9.43. The molecule has 0 saturated carbocycles. The number of carbonyl (C=O) groups is 1. The average molecular weight is 710 g/mol. The van der Waals surface area contributed by atoms with Crippen LogP contribution in [0, 0.1) is 19.3 Å². The summed E-state index contributed by atoms with van der Waals surface area (Å²) in [5.41, 5.74) is 4.12. The van der Waals surface area contributed by atoms with Crippen LogP contribution in [0.15, 0.2) is 65.8 Å². The first-order valence-corrected chi connectivity index (χ1v) is 17.3. The molecule has 1 amide bonds. The van der Waals surface area contributed by atoms with E-state index in [-0.39, 0.29) is 59.2 Å². The van der Waals surface area contributed by atoms with E-state index in [2.05, 4.69) is 45.4 Å². The summed E-state index contributed by atoms with van der Waals surface area (Å²) in [5, 5.41) is 0. The summed E-state index contributed by atoms with van der Waals surface area (Å²) in [6.45, 7) is 11.6. The van der Waals surface area contributed by atoms with Gasteiger partial charge in [-0.25, -0.2) is 28.1 Å². The van der Waals surface area contributed by atoms with Crippen LogP contribution in [0.1, 0.15) is 54.5 Å². The van der Waals surface area contributed by atoms with Crippen molar-refractivity contribution in [3.05, 3.63) is 83.4 Å². The number of nitrogens with one attached hydrogen (secondary N) is 1. The Morgan fingerprint density at radius 3 is 2.37 bits per heavy atom. The van der Waals surface area contributed by atoms with Crippen LogP contribution >= 0.6 is 12.4 Å².